The predicted molar refractivity (Wildman–Crippen MR) is 143 cm³/mol. The van der Waals surface area contributed by atoms with E-state index in [0.29, 0.717) is 29.6 Å². The molecule has 2 aliphatic rings. The molecule has 8 heteroatoms. The van der Waals surface area contributed by atoms with Gasteiger partial charge >= 0.3 is 0 Å². The van der Waals surface area contributed by atoms with Crippen LogP contribution in [-0.4, -0.2) is 80.7 Å². The van der Waals surface area contributed by atoms with Crippen molar-refractivity contribution in [1.29, 1.82) is 0 Å². The first-order valence-corrected chi connectivity index (χ1v) is 14.0. The van der Waals surface area contributed by atoms with E-state index < -0.39 is 31.5 Å². The molecule has 0 aromatic carbocycles. The van der Waals surface area contributed by atoms with Crippen molar-refractivity contribution < 1.29 is 35.4 Å². The van der Waals surface area contributed by atoms with Gasteiger partial charge in [0.2, 0.25) is 5.91 Å². The number of nitrogens with one attached hydrogen (secondary N) is 1. The summed E-state index contributed by atoms with van der Waals surface area (Å²) in [5, 5.41) is 55.3. The second-order valence-electron chi connectivity index (χ2n) is 11.7. The van der Waals surface area contributed by atoms with Gasteiger partial charge in [0.05, 0.1) is 19.3 Å². The first kappa shape index (κ1) is 35.2. The summed E-state index contributed by atoms with van der Waals surface area (Å²) >= 11 is 0. The topological polar surface area (TPSA) is 150 Å². The standard InChI is InChI=1S/C13H25NO.C10H20O.C5H12O5/c1-5-14-13(15)12-8-10(4)6-7-11(12)9(2)3;1-7(2)9-5-4-8(3)6-10(9)11;6-1-3(8)5(10)4(9)2-7/h9-12H,5-8H2,1-4H3,(H,14,15);7-11H,4-6H2,1-3H3;3-10H,1-2H2/t;;3-,4+,5?. The molecule has 2 aliphatic carbocycles. The lowest BCUT2D eigenvalue weighted by Crippen LogP contribution is -2.41. The van der Waals surface area contributed by atoms with Crippen LogP contribution in [0, 0.1) is 41.4 Å². The molecule has 0 spiro atoms. The van der Waals surface area contributed by atoms with Gasteiger partial charge < -0.3 is 36.0 Å². The average molecular weight is 520 g/mol. The zero-order chi connectivity index (χ0) is 28.0. The van der Waals surface area contributed by atoms with Crippen molar-refractivity contribution in [2.24, 2.45) is 41.4 Å². The summed E-state index contributed by atoms with van der Waals surface area (Å²) in [6.45, 7) is 14.9. The number of aliphatic hydroxyl groups is 6. The van der Waals surface area contributed by atoms with Gasteiger partial charge in [0.25, 0.3) is 0 Å². The van der Waals surface area contributed by atoms with Crippen LogP contribution in [0.15, 0.2) is 0 Å². The van der Waals surface area contributed by atoms with E-state index in [1.54, 1.807) is 0 Å². The summed E-state index contributed by atoms with van der Waals surface area (Å²) in [6.07, 6.45) is 2.81. The van der Waals surface area contributed by atoms with Gasteiger partial charge in [-0.05, 0) is 68.1 Å². The van der Waals surface area contributed by atoms with Crippen molar-refractivity contribution in [3.05, 3.63) is 0 Å². The van der Waals surface area contributed by atoms with Crippen LogP contribution in [0.3, 0.4) is 0 Å². The minimum atomic E-state index is -1.49. The summed E-state index contributed by atoms with van der Waals surface area (Å²) in [5.41, 5.74) is 0. The average Bonchev–Trinajstić information content (AvgIpc) is 2.82. The summed E-state index contributed by atoms with van der Waals surface area (Å²) in [4.78, 5) is 11.9. The lowest BCUT2D eigenvalue weighted by atomic mass is 9.70. The largest absolute Gasteiger partial charge is 0.394 e. The van der Waals surface area contributed by atoms with Gasteiger partial charge in [0, 0.05) is 12.5 Å². The smallest absolute Gasteiger partial charge is 0.223 e. The zero-order valence-electron chi connectivity index (χ0n) is 23.8. The van der Waals surface area contributed by atoms with Crippen LogP contribution in [0.2, 0.25) is 0 Å². The highest BCUT2D eigenvalue weighted by atomic mass is 16.4. The molecule has 0 heterocycles. The Morgan fingerprint density at radius 3 is 1.64 bits per heavy atom. The Bertz CT molecular complexity index is 564. The number of hydrogen-bond acceptors (Lipinski definition) is 7. The molecule has 0 aromatic rings. The third-order valence-corrected chi connectivity index (χ3v) is 7.86. The van der Waals surface area contributed by atoms with Crippen LogP contribution in [0.25, 0.3) is 0 Å². The molecule has 0 saturated heterocycles. The predicted octanol–water partition coefficient (Wildman–Crippen LogP) is 2.32. The maximum atomic E-state index is 11.9. The molecule has 0 bridgehead atoms. The van der Waals surface area contributed by atoms with Crippen molar-refractivity contribution in [3.8, 4) is 0 Å². The molecule has 2 rings (SSSR count). The van der Waals surface area contributed by atoms with Crippen molar-refractivity contribution in [2.45, 2.75) is 111 Å². The fourth-order valence-electron chi connectivity index (χ4n) is 5.43. The monoisotopic (exact) mass is 519 g/mol. The lowest BCUT2D eigenvalue weighted by Gasteiger charge is -2.36. The minimum absolute atomic E-state index is 0.0289. The molecular weight excluding hydrogens is 462 g/mol. The van der Waals surface area contributed by atoms with Crippen molar-refractivity contribution >= 4 is 5.91 Å². The normalized spacial score (nSPS) is 30.9. The second kappa shape index (κ2) is 18.5. The molecule has 9 atom stereocenters. The van der Waals surface area contributed by atoms with Crippen LogP contribution >= 0.6 is 0 Å². The van der Waals surface area contributed by atoms with E-state index in [1.807, 2.05) is 6.92 Å². The quantitative estimate of drug-likeness (QED) is 0.260. The molecular formula is C28H57NO7. The highest BCUT2D eigenvalue weighted by Crippen LogP contribution is 2.38. The van der Waals surface area contributed by atoms with Gasteiger partial charge in [0.15, 0.2) is 0 Å². The maximum absolute atomic E-state index is 11.9. The molecule has 36 heavy (non-hydrogen) atoms. The van der Waals surface area contributed by atoms with Crippen LogP contribution in [0.4, 0.5) is 0 Å². The Morgan fingerprint density at radius 2 is 1.25 bits per heavy atom. The SMILES string of the molecule is CC1CCC(C(C)C)C(O)C1.CCNC(=O)C1CC(C)CCC1C(C)C.OC[C@@H](O)C(O)[C@@H](O)CO. The first-order valence-electron chi connectivity index (χ1n) is 14.0. The number of carbonyl (C=O) groups excluding carboxylic acids is 1. The molecule has 0 aromatic heterocycles. The third kappa shape index (κ3) is 12.7. The zero-order valence-corrected chi connectivity index (χ0v) is 23.8. The molecule has 8 nitrogen and oxygen atoms in total. The fourth-order valence-corrected chi connectivity index (χ4v) is 5.43. The number of hydrogen-bond donors (Lipinski definition) is 7. The van der Waals surface area contributed by atoms with Gasteiger partial charge in [-0.2, -0.15) is 0 Å². The van der Waals surface area contributed by atoms with E-state index in [1.165, 1.54) is 25.7 Å². The lowest BCUT2D eigenvalue weighted by molar-refractivity contribution is -0.129. The van der Waals surface area contributed by atoms with E-state index in [2.05, 4.69) is 46.9 Å². The van der Waals surface area contributed by atoms with Crippen molar-refractivity contribution in [1.82, 2.24) is 5.32 Å². The van der Waals surface area contributed by atoms with Gasteiger partial charge in [-0.3, -0.25) is 4.79 Å². The van der Waals surface area contributed by atoms with Crippen molar-refractivity contribution in [2.75, 3.05) is 19.8 Å². The van der Waals surface area contributed by atoms with Gasteiger partial charge in [-0.25, -0.2) is 0 Å². The van der Waals surface area contributed by atoms with E-state index in [0.717, 1.165) is 25.3 Å². The van der Waals surface area contributed by atoms with Gasteiger partial charge in [-0.15, -0.1) is 0 Å². The Balaban J connectivity index is 0.000000525. The highest BCUT2D eigenvalue weighted by molar-refractivity contribution is 5.79. The van der Waals surface area contributed by atoms with Crippen LogP contribution in [0.1, 0.15) is 87.0 Å². The van der Waals surface area contributed by atoms with Crippen LogP contribution in [0.5, 0.6) is 0 Å². The summed E-state index contributed by atoms with van der Waals surface area (Å²) in [7, 11) is 0. The fraction of sp³-hybridized carbons (Fsp3) is 0.964. The van der Waals surface area contributed by atoms with Gasteiger partial charge in [0.1, 0.15) is 18.3 Å². The van der Waals surface area contributed by atoms with E-state index in [4.69, 9.17) is 25.5 Å². The number of carbonyl (C=O) groups is 1. The first-order chi connectivity index (χ1) is 16.8. The Kier molecular flexibility index (Phi) is 18.1. The Hall–Kier alpha value is -0.770. The van der Waals surface area contributed by atoms with Crippen molar-refractivity contribution in [3.63, 3.8) is 0 Å². The number of rotatable bonds is 8. The van der Waals surface area contributed by atoms with E-state index in [9.17, 15) is 9.90 Å². The molecule has 216 valence electrons. The minimum Gasteiger partial charge on any atom is -0.394 e. The Labute approximate surface area is 219 Å². The number of aliphatic hydroxyl groups excluding tert-OH is 6. The molecule has 7 unspecified atom stereocenters. The van der Waals surface area contributed by atoms with Gasteiger partial charge in [-0.1, -0.05) is 54.4 Å². The molecule has 0 radical (unpaired) electrons. The van der Waals surface area contributed by atoms with E-state index in [-0.39, 0.29) is 17.9 Å². The molecule has 2 saturated carbocycles. The van der Waals surface area contributed by atoms with Crippen LogP contribution in [-0.2, 0) is 4.79 Å². The van der Waals surface area contributed by atoms with E-state index >= 15 is 0 Å². The Morgan fingerprint density at radius 1 is 0.806 bits per heavy atom. The summed E-state index contributed by atoms with van der Waals surface area (Å²) in [5.74, 6) is 4.42. The maximum Gasteiger partial charge on any atom is 0.223 e. The highest BCUT2D eigenvalue weighted by Gasteiger charge is 2.35. The number of amides is 1. The third-order valence-electron chi connectivity index (χ3n) is 7.86. The summed E-state index contributed by atoms with van der Waals surface area (Å²) in [6, 6.07) is 0. The molecule has 1 amide bonds. The molecule has 2 fully saturated rings. The molecule has 0 aliphatic heterocycles. The van der Waals surface area contributed by atoms with Crippen LogP contribution < -0.4 is 5.32 Å². The summed E-state index contributed by atoms with van der Waals surface area (Å²) < 4.78 is 0. The second-order valence-corrected chi connectivity index (χ2v) is 11.7. The molecule has 7 N–H and O–H groups in total.